The van der Waals surface area contributed by atoms with Crippen molar-refractivity contribution >= 4 is 17.3 Å². The Morgan fingerprint density at radius 1 is 1.10 bits per heavy atom. The van der Waals surface area contributed by atoms with Gasteiger partial charge in [-0.15, -0.1) is 10.2 Å². The Labute approximate surface area is 178 Å². The smallest absolute Gasteiger partial charge is 0.315 e. The minimum atomic E-state index is -0.442. The molecule has 0 fully saturated rings. The number of carbonyl (C=O) groups is 1. The summed E-state index contributed by atoms with van der Waals surface area (Å²) in [5.74, 6) is -0.630. The van der Waals surface area contributed by atoms with E-state index in [9.17, 15) is 10.1 Å². The molecule has 2 rings (SSSR count). The zero-order valence-electron chi connectivity index (χ0n) is 17.7. The fourth-order valence-electron chi connectivity index (χ4n) is 3.13. The van der Waals surface area contributed by atoms with E-state index in [-0.39, 0.29) is 11.9 Å². The highest BCUT2D eigenvalue weighted by atomic mass is 32.1. The fourth-order valence-corrected chi connectivity index (χ4v) is 4.01. The lowest BCUT2D eigenvalue weighted by atomic mass is 9.91. The van der Waals surface area contributed by atoms with Crippen molar-refractivity contribution in [3.63, 3.8) is 0 Å². The van der Waals surface area contributed by atoms with Gasteiger partial charge in [0, 0.05) is 12.0 Å². The molecular formula is C23H31N3O2S. The highest BCUT2D eigenvalue weighted by molar-refractivity contribution is 7.14. The maximum atomic E-state index is 12.3. The van der Waals surface area contributed by atoms with E-state index >= 15 is 0 Å². The quantitative estimate of drug-likeness (QED) is 0.235. The second kappa shape index (κ2) is 12.3. The fraction of sp³-hybridized carbons (Fsp3) is 0.565. The molecule has 6 heteroatoms. The van der Waals surface area contributed by atoms with Gasteiger partial charge < -0.3 is 4.74 Å². The van der Waals surface area contributed by atoms with E-state index in [1.807, 2.05) is 19.1 Å². The van der Waals surface area contributed by atoms with Gasteiger partial charge in [0.15, 0.2) is 0 Å². The molecule has 0 aliphatic heterocycles. The van der Waals surface area contributed by atoms with Crippen molar-refractivity contribution < 1.29 is 9.53 Å². The Balaban J connectivity index is 1.90. The molecule has 1 heterocycles. The van der Waals surface area contributed by atoms with Crippen LogP contribution in [0, 0.1) is 23.2 Å². The van der Waals surface area contributed by atoms with E-state index in [0.29, 0.717) is 12.2 Å². The SMILES string of the molecule is CCCCCCCc1nnc(-c2ccc(OC(=O)[C@@H](C)[C@H](C#N)CCC)cc2)s1. The van der Waals surface area contributed by atoms with Crippen molar-refractivity contribution in [2.75, 3.05) is 0 Å². The molecule has 0 unspecified atom stereocenters. The first-order valence-electron chi connectivity index (χ1n) is 10.6. The van der Waals surface area contributed by atoms with Crippen molar-refractivity contribution in [1.29, 1.82) is 5.26 Å². The number of hydrogen-bond acceptors (Lipinski definition) is 6. The lowest BCUT2D eigenvalue weighted by Crippen LogP contribution is -2.24. The number of aryl methyl sites for hydroxylation is 1. The number of aromatic nitrogens is 2. The number of hydrogen-bond donors (Lipinski definition) is 0. The summed E-state index contributed by atoms with van der Waals surface area (Å²) in [7, 11) is 0. The minimum absolute atomic E-state index is 0.312. The molecule has 1 aromatic carbocycles. The Hall–Kier alpha value is -2.26. The van der Waals surface area contributed by atoms with Gasteiger partial charge in [0.2, 0.25) is 0 Å². The van der Waals surface area contributed by atoms with E-state index in [0.717, 1.165) is 34.8 Å². The van der Waals surface area contributed by atoms with Gasteiger partial charge in [-0.1, -0.05) is 64.2 Å². The van der Waals surface area contributed by atoms with Crippen molar-refractivity contribution in [1.82, 2.24) is 10.2 Å². The van der Waals surface area contributed by atoms with Crippen LogP contribution in [0.2, 0.25) is 0 Å². The summed E-state index contributed by atoms with van der Waals surface area (Å²) in [6.45, 7) is 5.98. The molecule has 0 radical (unpaired) electrons. The first kappa shape index (κ1) is 23.0. The number of benzene rings is 1. The lowest BCUT2D eigenvalue weighted by Gasteiger charge is -2.15. The zero-order chi connectivity index (χ0) is 21.1. The first-order valence-corrected chi connectivity index (χ1v) is 11.4. The maximum Gasteiger partial charge on any atom is 0.315 e. The summed E-state index contributed by atoms with van der Waals surface area (Å²) < 4.78 is 5.46. The molecule has 2 aromatic rings. The molecule has 0 spiro atoms. The van der Waals surface area contributed by atoms with E-state index in [4.69, 9.17) is 4.74 Å². The number of carbonyl (C=O) groups excluding carboxylic acids is 1. The van der Waals surface area contributed by atoms with Gasteiger partial charge in [-0.25, -0.2) is 0 Å². The molecule has 1 aromatic heterocycles. The number of ether oxygens (including phenoxy) is 1. The van der Waals surface area contributed by atoms with Crippen molar-refractivity contribution in [3.8, 4) is 22.4 Å². The molecule has 0 aliphatic carbocycles. The third kappa shape index (κ3) is 7.25. The standard InChI is InChI=1S/C23H31N3O2S/c1-4-6-7-8-9-11-21-25-26-22(29-21)18-12-14-20(15-13-18)28-23(27)17(3)19(16-24)10-5-2/h12-15,17,19H,4-11H2,1-3H3/t17-,19-/m0/s1. The van der Waals surface area contributed by atoms with E-state index in [1.165, 1.54) is 25.7 Å². The molecule has 0 N–H and O–H groups in total. The summed E-state index contributed by atoms with van der Waals surface area (Å²) in [6.07, 6.45) is 8.78. The zero-order valence-corrected chi connectivity index (χ0v) is 18.5. The van der Waals surface area contributed by atoms with Crippen molar-refractivity contribution in [3.05, 3.63) is 29.3 Å². The summed E-state index contributed by atoms with van der Waals surface area (Å²) >= 11 is 1.62. The molecule has 0 amide bonds. The third-order valence-corrected chi connectivity index (χ3v) is 6.05. The van der Waals surface area contributed by atoms with Gasteiger partial charge in [0.1, 0.15) is 15.8 Å². The van der Waals surface area contributed by atoms with E-state index < -0.39 is 5.92 Å². The molecule has 0 saturated heterocycles. The summed E-state index contributed by atoms with van der Waals surface area (Å²) in [5.41, 5.74) is 0.966. The van der Waals surface area contributed by atoms with Crippen molar-refractivity contribution in [2.45, 2.75) is 72.1 Å². The van der Waals surface area contributed by atoms with E-state index in [1.54, 1.807) is 30.4 Å². The number of unbranched alkanes of at least 4 members (excludes halogenated alkanes) is 4. The van der Waals surface area contributed by atoms with Crippen LogP contribution >= 0.6 is 11.3 Å². The highest BCUT2D eigenvalue weighted by Gasteiger charge is 2.25. The predicted octanol–water partition coefficient (Wildman–Crippen LogP) is 6.20. The van der Waals surface area contributed by atoms with Crippen LogP contribution in [0.5, 0.6) is 5.75 Å². The monoisotopic (exact) mass is 413 g/mol. The van der Waals surface area contributed by atoms with Crippen LogP contribution in [0.3, 0.4) is 0 Å². The highest BCUT2D eigenvalue weighted by Crippen LogP contribution is 2.27. The third-order valence-electron chi connectivity index (χ3n) is 5.02. The first-order chi connectivity index (χ1) is 14.1. The second-order valence-electron chi connectivity index (χ2n) is 7.42. The van der Waals surface area contributed by atoms with Crippen LogP contribution < -0.4 is 4.74 Å². The minimum Gasteiger partial charge on any atom is -0.426 e. The normalized spacial score (nSPS) is 12.9. The topological polar surface area (TPSA) is 75.9 Å². The molecule has 156 valence electrons. The average Bonchev–Trinajstić information content (AvgIpc) is 3.20. The van der Waals surface area contributed by atoms with Crippen LogP contribution in [-0.2, 0) is 11.2 Å². The van der Waals surface area contributed by atoms with Crippen LogP contribution in [0.1, 0.15) is 70.7 Å². The number of rotatable bonds is 12. The van der Waals surface area contributed by atoms with Crippen LogP contribution in [0.25, 0.3) is 10.6 Å². The number of nitrogens with zero attached hydrogens (tertiary/aromatic N) is 3. The molecular weight excluding hydrogens is 382 g/mol. The van der Waals surface area contributed by atoms with Crippen LogP contribution in [-0.4, -0.2) is 16.2 Å². The van der Waals surface area contributed by atoms with Crippen molar-refractivity contribution in [2.24, 2.45) is 11.8 Å². The molecule has 29 heavy (non-hydrogen) atoms. The Morgan fingerprint density at radius 2 is 1.83 bits per heavy atom. The Morgan fingerprint density at radius 3 is 2.48 bits per heavy atom. The Bertz CT molecular complexity index is 795. The van der Waals surface area contributed by atoms with Crippen LogP contribution in [0.4, 0.5) is 0 Å². The molecule has 5 nitrogen and oxygen atoms in total. The summed E-state index contributed by atoms with van der Waals surface area (Å²) in [6, 6.07) is 9.54. The summed E-state index contributed by atoms with van der Waals surface area (Å²) in [4.78, 5) is 12.3. The Kier molecular flexibility index (Phi) is 9.79. The van der Waals surface area contributed by atoms with E-state index in [2.05, 4.69) is 23.2 Å². The lowest BCUT2D eigenvalue weighted by molar-refractivity contribution is -0.139. The predicted molar refractivity (Wildman–Crippen MR) is 117 cm³/mol. The van der Waals surface area contributed by atoms with Gasteiger partial charge in [-0.05, 0) is 37.1 Å². The molecule has 2 atom stereocenters. The van der Waals surface area contributed by atoms with Gasteiger partial charge in [-0.2, -0.15) is 5.26 Å². The number of nitriles is 1. The van der Waals surface area contributed by atoms with Gasteiger partial charge in [0.05, 0.1) is 17.9 Å². The number of esters is 1. The second-order valence-corrected chi connectivity index (χ2v) is 8.49. The molecule has 0 saturated carbocycles. The van der Waals surface area contributed by atoms with Gasteiger partial charge in [0.25, 0.3) is 0 Å². The van der Waals surface area contributed by atoms with Gasteiger partial charge >= 0.3 is 5.97 Å². The van der Waals surface area contributed by atoms with Gasteiger partial charge in [-0.3, -0.25) is 4.79 Å². The molecule has 0 bridgehead atoms. The largest absolute Gasteiger partial charge is 0.426 e. The molecule has 0 aliphatic rings. The maximum absolute atomic E-state index is 12.3. The average molecular weight is 414 g/mol. The van der Waals surface area contributed by atoms with Crippen LogP contribution in [0.15, 0.2) is 24.3 Å². The summed E-state index contributed by atoms with van der Waals surface area (Å²) in [5, 5.41) is 19.8.